The minimum Gasteiger partial charge on any atom is -0.325 e. The molecule has 0 spiro atoms. The zero-order chi connectivity index (χ0) is 8.10. The van der Waals surface area contributed by atoms with E-state index in [1.807, 2.05) is 11.4 Å². The molecule has 1 aromatic heterocycles. The highest BCUT2D eigenvalue weighted by atomic mass is 32.1. The van der Waals surface area contributed by atoms with E-state index in [0.717, 1.165) is 6.42 Å². The molecule has 0 aliphatic rings. The van der Waals surface area contributed by atoms with Gasteiger partial charge in [-0.25, -0.2) is 0 Å². The van der Waals surface area contributed by atoms with Gasteiger partial charge >= 0.3 is 0 Å². The zero-order valence-corrected chi connectivity index (χ0v) is 7.78. The molecular weight excluding hydrogens is 178 g/mol. The highest BCUT2D eigenvalue weighted by molar-refractivity contribution is 7.75. The smallest absolute Gasteiger partial charge is 0.0765 e. The quantitative estimate of drug-likeness (QED) is 0.556. The first kappa shape index (κ1) is 9.06. The van der Waals surface area contributed by atoms with Crippen LogP contribution in [-0.4, -0.2) is 12.6 Å². The van der Waals surface area contributed by atoms with Crippen molar-refractivity contribution in [1.29, 1.82) is 0 Å². The molecule has 62 valence electrons. The standard InChI is InChI=1S/C7H11NOS2/c8-6(5-9-10)4-7-2-1-3-11-7/h1-3,6,10H,4-5,8H2/t6-/m0/s1. The highest BCUT2D eigenvalue weighted by Crippen LogP contribution is 2.10. The third kappa shape index (κ3) is 3.25. The lowest BCUT2D eigenvalue weighted by atomic mass is 10.2. The van der Waals surface area contributed by atoms with E-state index in [0.29, 0.717) is 6.61 Å². The van der Waals surface area contributed by atoms with Crippen LogP contribution in [-0.2, 0) is 10.6 Å². The van der Waals surface area contributed by atoms with Crippen LogP contribution in [0.3, 0.4) is 0 Å². The molecule has 0 aromatic carbocycles. The van der Waals surface area contributed by atoms with E-state index in [1.54, 1.807) is 11.3 Å². The number of rotatable bonds is 4. The lowest BCUT2D eigenvalue weighted by Crippen LogP contribution is -2.26. The summed E-state index contributed by atoms with van der Waals surface area (Å²) in [7, 11) is 0. The van der Waals surface area contributed by atoms with Gasteiger partial charge in [-0.3, -0.25) is 0 Å². The molecule has 4 heteroatoms. The molecule has 0 unspecified atom stereocenters. The Morgan fingerprint density at radius 2 is 2.55 bits per heavy atom. The Hall–Kier alpha value is -0.0300. The van der Waals surface area contributed by atoms with Crippen molar-refractivity contribution in [3.05, 3.63) is 22.4 Å². The molecule has 2 N–H and O–H groups in total. The summed E-state index contributed by atoms with van der Waals surface area (Å²) in [5.74, 6) is 0. The SMILES string of the molecule is N[C@H](COS)Cc1cccs1. The third-order valence-corrected chi connectivity index (χ3v) is 2.38. The van der Waals surface area contributed by atoms with Crippen molar-refractivity contribution in [3.8, 4) is 0 Å². The molecule has 11 heavy (non-hydrogen) atoms. The summed E-state index contributed by atoms with van der Waals surface area (Å²) < 4.78 is 4.63. The van der Waals surface area contributed by atoms with Crippen LogP contribution in [0, 0.1) is 0 Å². The van der Waals surface area contributed by atoms with E-state index in [-0.39, 0.29) is 6.04 Å². The van der Waals surface area contributed by atoms with Crippen molar-refractivity contribution < 1.29 is 4.18 Å². The summed E-state index contributed by atoms with van der Waals surface area (Å²) in [5.41, 5.74) is 5.71. The second-order valence-corrected chi connectivity index (χ2v) is 3.63. The van der Waals surface area contributed by atoms with Crippen LogP contribution in [0.25, 0.3) is 0 Å². The highest BCUT2D eigenvalue weighted by Gasteiger charge is 2.03. The Morgan fingerprint density at radius 3 is 3.09 bits per heavy atom. The van der Waals surface area contributed by atoms with Gasteiger partial charge in [0.15, 0.2) is 0 Å². The minimum atomic E-state index is 0.0612. The second-order valence-electron chi connectivity index (χ2n) is 2.34. The van der Waals surface area contributed by atoms with Crippen molar-refractivity contribution >= 4 is 24.2 Å². The topological polar surface area (TPSA) is 35.2 Å². The predicted octanol–water partition coefficient (Wildman–Crippen LogP) is 1.48. The van der Waals surface area contributed by atoms with Gasteiger partial charge in [-0.05, 0) is 30.8 Å². The summed E-state index contributed by atoms with van der Waals surface area (Å²) in [6.07, 6.45) is 0.873. The van der Waals surface area contributed by atoms with Crippen LogP contribution in [0.2, 0.25) is 0 Å². The maximum absolute atomic E-state index is 5.71. The first-order valence-corrected chi connectivity index (χ1v) is 4.61. The van der Waals surface area contributed by atoms with Gasteiger partial charge in [0.05, 0.1) is 6.61 Å². The normalized spacial score (nSPS) is 13.3. The molecule has 0 saturated carbocycles. The molecule has 0 saturated heterocycles. The number of hydrogen-bond acceptors (Lipinski definition) is 4. The van der Waals surface area contributed by atoms with Crippen LogP contribution in [0.5, 0.6) is 0 Å². The summed E-state index contributed by atoms with van der Waals surface area (Å²) in [5, 5.41) is 2.05. The fourth-order valence-corrected chi connectivity index (χ4v) is 1.83. The molecule has 1 atom stereocenters. The van der Waals surface area contributed by atoms with Crippen molar-refractivity contribution in [3.63, 3.8) is 0 Å². The number of hydrogen-bond donors (Lipinski definition) is 2. The van der Waals surface area contributed by atoms with Gasteiger partial charge in [-0.2, -0.15) is 0 Å². The maximum Gasteiger partial charge on any atom is 0.0765 e. The molecule has 0 amide bonds. The van der Waals surface area contributed by atoms with E-state index >= 15 is 0 Å². The Balaban J connectivity index is 2.31. The zero-order valence-electron chi connectivity index (χ0n) is 6.06. The van der Waals surface area contributed by atoms with Crippen molar-refractivity contribution in [2.75, 3.05) is 6.61 Å². The number of thiol groups is 1. The molecule has 0 fully saturated rings. The fraction of sp³-hybridized carbons (Fsp3) is 0.429. The maximum atomic E-state index is 5.71. The Bertz CT molecular complexity index is 188. The lowest BCUT2D eigenvalue weighted by Gasteiger charge is -2.06. The summed E-state index contributed by atoms with van der Waals surface area (Å²) in [4.78, 5) is 1.29. The van der Waals surface area contributed by atoms with Crippen LogP contribution in [0.1, 0.15) is 4.88 Å². The van der Waals surface area contributed by atoms with Crippen LogP contribution in [0.15, 0.2) is 17.5 Å². The predicted molar refractivity (Wildman–Crippen MR) is 50.9 cm³/mol. The van der Waals surface area contributed by atoms with Gasteiger partial charge in [0.2, 0.25) is 0 Å². The largest absolute Gasteiger partial charge is 0.325 e. The van der Waals surface area contributed by atoms with Crippen molar-refractivity contribution in [2.45, 2.75) is 12.5 Å². The van der Waals surface area contributed by atoms with Gasteiger partial charge in [0, 0.05) is 10.9 Å². The van der Waals surface area contributed by atoms with E-state index in [4.69, 9.17) is 5.73 Å². The first-order valence-electron chi connectivity index (χ1n) is 3.37. The monoisotopic (exact) mass is 189 g/mol. The molecule has 1 aromatic rings. The molecule has 1 heterocycles. The Morgan fingerprint density at radius 1 is 1.73 bits per heavy atom. The Kier molecular flexibility index (Phi) is 3.93. The lowest BCUT2D eigenvalue weighted by molar-refractivity contribution is 0.341. The fourth-order valence-electron chi connectivity index (χ4n) is 0.842. The average molecular weight is 189 g/mol. The minimum absolute atomic E-state index is 0.0612. The molecule has 1 rings (SSSR count). The molecule has 0 bridgehead atoms. The van der Waals surface area contributed by atoms with E-state index < -0.39 is 0 Å². The summed E-state index contributed by atoms with van der Waals surface area (Å²) in [6, 6.07) is 4.16. The summed E-state index contributed by atoms with van der Waals surface area (Å²) >= 11 is 5.35. The number of nitrogens with two attached hydrogens (primary N) is 1. The van der Waals surface area contributed by atoms with Gasteiger partial charge in [-0.1, -0.05) is 6.07 Å². The van der Waals surface area contributed by atoms with Gasteiger partial charge in [0.25, 0.3) is 0 Å². The van der Waals surface area contributed by atoms with Crippen LogP contribution >= 0.6 is 24.2 Å². The van der Waals surface area contributed by atoms with Gasteiger partial charge < -0.3 is 9.92 Å². The Labute approximate surface area is 76.0 Å². The summed E-state index contributed by atoms with van der Waals surface area (Å²) in [6.45, 7) is 0.501. The number of thiophene rings is 1. The molecule has 0 aliphatic carbocycles. The van der Waals surface area contributed by atoms with Crippen LogP contribution in [0.4, 0.5) is 0 Å². The van der Waals surface area contributed by atoms with E-state index in [2.05, 4.69) is 23.2 Å². The third-order valence-electron chi connectivity index (χ3n) is 1.33. The van der Waals surface area contributed by atoms with E-state index in [9.17, 15) is 0 Å². The average Bonchev–Trinajstić information content (AvgIpc) is 2.40. The van der Waals surface area contributed by atoms with Gasteiger partial charge in [-0.15, -0.1) is 11.3 Å². The van der Waals surface area contributed by atoms with E-state index in [1.165, 1.54) is 4.88 Å². The first-order chi connectivity index (χ1) is 5.33. The van der Waals surface area contributed by atoms with Crippen LogP contribution < -0.4 is 5.73 Å². The van der Waals surface area contributed by atoms with Crippen molar-refractivity contribution in [1.82, 2.24) is 0 Å². The van der Waals surface area contributed by atoms with Crippen molar-refractivity contribution in [2.24, 2.45) is 5.73 Å². The molecule has 0 aliphatic heterocycles. The molecular formula is C7H11NOS2. The molecule has 2 nitrogen and oxygen atoms in total. The molecule has 0 radical (unpaired) electrons. The van der Waals surface area contributed by atoms with Gasteiger partial charge in [0.1, 0.15) is 0 Å². The second kappa shape index (κ2) is 4.77.